The van der Waals surface area contributed by atoms with Gasteiger partial charge in [-0.3, -0.25) is 0 Å². The second-order valence-electron chi connectivity index (χ2n) is 6.76. The summed E-state index contributed by atoms with van der Waals surface area (Å²) in [6, 6.07) is 11.8. The lowest BCUT2D eigenvalue weighted by Gasteiger charge is -2.46. The molecule has 2 nitrogen and oxygen atoms in total. The maximum atomic E-state index is 3.72. The summed E-state index contributed by atoms with van der Waals surface area (Å²) >= 11 is 3.72. The number of rotatable bonds is 4. The van der Waals surface area contributed by atoms with Gasteiger partial charge < -0.3 is 9.80 Å². The molecule has 2 aliphatic heterocycles. The van der Waals surface area contributed by atoms with E-state index in [0.29, 0.717) is 5.92 Å². The number of likely N-dealkylation sites (tertiary alicyclic amines) is 2. The molecule has 0 spiro atoms. The lowest BCUT2D eigenvalue weighted by molar-refractivity contribution is 0.0370. The van der Waals surface area contributed by atoms with Crippen molar-refractivity contribution in [2.45, 2.75) is 31.2 Å². The van der Waals surface area contributed by atoms with Crippen LogP contribution in [0.4, 0.5) is 0 Å². The van der Waals surface area contributed by atoms with Crippen LogP contribution in [0.2, 0.25) is 0 Å². The van der Waals surface area contributed by atoms with Crippen LogP contribution in [-0.2, 0) is 0 Å². The Labute approximate surface area is 137 Å². The summed E-state index contributed by atoms with van der Waals surface area (Å²) in [6.45, 7) is 5.06. The molecule has 1 aromatic rings. The topological polar surface area (TPSA) is 6.48 Å². The summed E-state index contributed by atoms with van der Waals surface area (Å²) in [5.41, 5.74) is 1.47. The molecule has 3 rings (SSSR count). The van der Waals surface area contributed by atoms with Gasteiger partial charge in [0.15, 0.2) is 0 Å². The molecule has 21 heavy (non-hydrogen) atoms. The molecule has 2 aliphatic rings. The summed E-state index contributed by atoms with van der Waals surface area (Å²) in [6.07, 6.45) is 4.16. The maximum Gasteiger partial charge on any atom is 0.0145 e. The Morgan fingerprint density at radius 1 is 1.19 bits per heavy atom. The zero-order valence-corrected chi connectivity index (χ0v) is 14.6. The fourth-order valence-corrected chi connectivity index (χ4v) is 4.75. The average molecular weight is 351 g/mol. The molecule has 2 saturated heterocycles. The van der Waals surface area contributed by atoms with Crippen molar-refractivity contribution in [2.75, 3.05) is 38.6 Å². The van der Waals surface area contributed by atoms with Gasteiger partial charge in [0.25, 0.3) is 0 Å². The minimum atomic E-state index is 0.615. The van der Waals surface area contributed by atoms with E-state index >= 15 is 0 Å². The second kappa shape index (κ2) is 7.26. The van der Waals surface area contributed by atoms with Crippen molar-refractivity contribution < 1.29 is 0 Å². The van der Waals surface area contributed by atoms with E-state index in [4.69, 9.17) is 0 Å². The quantitative estimate of drug-likeness (QED) is 0.765. The Bertz CT molecular complexity index is 436. The Kier molecular flexibility index (Phi) is 5.36. The molecule has 0 bridgehead atoms. The largest absolute Gasteiger partial charge is 0.303 e. The van der Waals surface area contributed by atoms with Crippen LogP contribution in [-0.4, -0.2) is 54.4 Å². The van der Waals surface area contributed by atoms with Crippen molar-refractivity contribution in [3.05, 3.63) is 35.9 Å². The molecule has 0 radical (unpaired) electrons. The fourth-order valence-electron chi connectivity index (χ4n) is 4.17. The molecule has 2 heterocycles. The molecule has 3 atom stereocenters. The first kappa shape index (κ1) is 15.5. The molecule has 116 valence electrons. The van der Waals surface area contributed by atoms with E-state index in [9.17, 15) is 0 Å². The highest BCUT2D eigenvalue weighted by atomic mass is 79.9. The van der Waals surface area contributed by atoms with Gasteiger partial charge in [-0.1, -0.05) is 46.3 Å². The van der Waals surface area contributed by atoms with Gasteiger partial charge in [-0.2, -0.15) is 0 Å². The third kappa shape index (κ3) is 3.69. The minimum Gasteiger partial charge on any atom is -0.303 e. The van der Waals surface area contributed by atoms with Crippen LogP contribution in [0.5, 0.6) is 0 Å². The molecule has 1 aromatic carbocycles. The van der Waals surface area contributed by atoms with E-state index in [1.54, 1.807) is 0 Å². The number of nitrogens with zero attached hydrogens (tertiary/aromatic N) is 2. The highest BCUT2D eigenvalue weighted by Crippen LogP contribution is 2.31. The Morgan fingerprint density at radius 2 is 2.00 bits per heavy atom. The van der Waals surface area contributed by atoms with Gasteiger partial charge in [0.05, 0.1) is 0 Å². The molecular weight excluding hydrogens is 324 g/mol. The monoisotopic (exact) mass is 350 g/mol. The van der Waals surface area contributed by atoms with Gasteiger partial charge in [0.2, 0.25) is 0 Å². The van der Waals surface area contributed by atoms with Crippen molar-refractivity contribution in [3.8, 4) is 0 Å². The van der Waals surface area contributed by atoms with E-state index in [2.05, 4.69) is 63.1 Å². The Balaban J connectivity index is 1.60. The average Bonchev–Trinajstić information content (AvgIpc) is 2.53. The number of halogens is 1. The van der Waals surface area contributed by atoms with Crippen molar-refractivity contribution in [1.29, 1.82) is 0 Å². The van der Waals surface area contributed by atoms with Crippen LogP contribution in [0.3, 0.4) is 0 Å². The van der Waals surface area contributed by atoms with E-state index in [1.165, 1.54) is 51.0 Å². The van der Waals surface area contributed by atoms with Gasteiger partial charge in [0, 0.05) is 30.4 Å². The first-order chi connectivity index (χ1) is 10.3. The van der Waals surface area contributed by atoms with Crippen LogP contribution in [0.1, 0.15) is 30.7 Å². The molecule has 0 amide bonds. The zero-order valence-electron chi connectivity index (χ0n) is 13.0. The fraction of sp³-hybridized carbons (Fsp3) is 0.667. The summed E-state index contributed by atoms with van der Waals surface area (Å²) in [4.78, 5) is 5.31. The molecule has 0 N–H and O–H groups in total. The van der Waals surface area contributed by atoms with Gasteiger partial charge in [0.1, 0.15) is 0 Å². The van der Waals surface area contributed by atoms with E-state index in [0.717, 1.165) is 17.3 Å². The number of alkyl halides is 1. The predicted molar refractivity (Wildman–Crippen MR) is 93.2 cm³/mol. The van der Waals surface area contributed by atoms with Crippen molar-refractivity contribution >= 4 is 15.9 Å². The standard InChI is InChI=1S/C18H27BrN2/c1-20-10-5-8-16-13-21(11-9-18(16)20)14-17(12-19)15-6-3-2-4-7-15/h2-4,6-7,16-18H,5,8-14H2,1H3. The summed E-state index contributed by atoms with van der Waals surface area (Å²) < 4.78 is 0. The number of piperidine rings is 2. The Morgan fingerprint density at radius 3 is 2.76 bits per heavy atom. The maximum absolute atomic E-state index is 3.72. The summed E-state index contributed by atoms with van der Waals surface area (Å²) in [5, 5.41) is 1.06. The van der Waals surface area contributed by atoms with Crippen molar-refractivity contribution in [1.82, 2.24) is 9.80 Å². The number of hydrogen-bond acceptors (Lipinski definition) is 2. The first-order valence-corrected chi connectivity index (χ1v) is 9.43. The van der Waals surface area contributed by atoms with Gasteiger partial charge >= 0.3 is 0 Å². The molecular formula is C18H27BrN2. The highest BCUT2D eigenvalue weighted by Gasteiger charge is 2.34. The molecule has 2 fully saturated rings. The third-order valence-electron chi connectivity index (χ3n) is 5.37. The lowest BCUT2D eigenvalue weighted by Crippen LogP contribution is -2.53. The molecule has 0 aromatic heterocycles. The molecule has 3 unspecified atom stereocenters. The van der Waals surface area contributed by atoms with Crippen LogP contribution in [0.25, 0.3) is 0 Å². The lowest BCUT2D eigenvalue weighted by atomic mass is 9.84. The first-order valence-electron chi connectivity index (χ1n) is 8.31. The highest BCUT2D eigenvalue weighted by molar-refractivity contribution is 9.09. The van der Waals surface area contributed by atoms with Crippen molar-refractivity contribution in [3.63, 3.8) is 0 Å². The van der Waals surface area contributed by atoms with Gasteiger partial charge in [-0.05, 0) is 50.9 Å². The Hall–Kier alpha value is -0.380. The molecule has 0 aliphatic carbocycles. The van der Waals surface area contributed by atoms with Crippen LogP contribution in [0.15, 0.2) is 30.3 Å². The predicted octanol–water partition coefficient (Wildman–Crippen LogP) is 3.58. The van der Waals surface area contributed by atoms with Gasteiger partial charge in [-0.25, -0.2) is 0 Å². The summed E-state index contributed by atoms with van der Waals surface area (Å²) in [7, 11) is 2.32. The summed E-state index contributed by atoms with van der Waals surface area (Å²) in [5.74, 6) is 1.51. The second-order valence-corrected chi connectivity index (χ2v) is 7.41. The van der Waals surface area contributed by atoms with Crippen LogP contribution >= 0.6 is 15.9 Å². The van der Waals surface area contributed by atoms with E-state index in [-0.39, 0.29) is 0 Å². The van der Waals surface area contributed by atoms with E-state index in [1.807, 2.05) is 0 Å². The van der Waals surface area contributed by atoms with E-state index < -0.39 is 0 Å². The molecule has 3 heteroatoms. The smallest absolute Gasteiger partial charge is 0.0145 e. The SMILES string of the molecule is CN1CCCC2CN(CC(CBr)c3ccccc3)CCC21. The van der Waals surface area contributed by atoms with Gasteiger partial charge in [-0.15, -0.1) is 0 Å². The normalized spacial score (nSPS) is 29.0. The number of benzene rings is 1. The minimum absolute atomic E-state index is 0.615. The van der Waals surface area contributed by atoms with Crippen LogP contribution in [0, 0.1) is 5.92 Å². The van der Waals surface area contributed by atoms with Crippen LogP contribution < -0.4 is 0 Å². The van der Waals surface area contributed by atoms with Crippen molar-refractivity contribution in [2.24, 2.45) is 5.92 Å². The number of fused-ring (bicyclic) bond motifs is 1. The molecule has 0 saturated carbocycles. The number of hydrogen-bond donors (Lipinski definition) is 0. The third-order valence-corrected chi connectivity index (χ3v) is 6.15. The zero-order chi connectivity index (χ0) is 14.7.